The summed E-state index contributed by atoms with van der Waals surface area (Å²) in [5.74, 6) is -0.726. The van der Waals surface area contributed by atoms with Crippen molar-refractivity contribution in [3.63, 3.8) is 0 Å². The second-order valence-corrected chi connectivity index (χ2v) is 8.33. The van der Waals surface area contributed by atoms with Crippen LogP contribution in [0.2, 0.25) is 0 Å². The van der Waals surface area contributed by atoms with Gasteiger partial charge in [0.1, 0.15) is 17.3 Å². The van der Waals surface area contributed by atoms with Crippen molar-refractivity contribution in [2.75, 3.05) is 29.9 Å². The molecule has 0 aliphatic carbocycles. The second-order valence-electron chi connectivity index (χ2n) is 8.33. The lowest BCUT2D eigenvalue weighted by atomic mass is 10.0. The van der Waals surface area contributed by atoms with Crippen LogP contribution in [0.3, 0.4) is 0 Å². The van der Waals surface area contributed by atoms with Crippen molar-refractivity contribution in [2.45, 2.75) is 13.0 Å². The van der Waals surface area contributed by atoms with E-state index in [1.807, 2.05) is 61.5 Å². The Bertz CT molecular complexity index is 1350. The third-order valence-electron chi connectivity index (χ3n) is 6.08. The summed E-state index contributed by atoms with van der Waals surface area (Å²) in [6.07, 6.45) is 0. The third-order valence-corrected chi connectivity index (χ3v) is 6.08. The van der Waals surface area contributed by atoms with Crippen LogP contribution in [-0.4, -0.2) is 46.8 Å². The zero-order valence-electron chi connectivity index (χ0n) is 18.6. The number of anilines is 2. The van der Waals surface area contributed by atoms with Gasteiger partial charge in [-0.15, -0.1) is 10.2 Å². The number of hydrogen-bond acceptors (Lipinski definition) is 4. The van der Waals surface area contributed by atoms with Crippen LogP contribution in [0.1, 0.15) is 6.92 Å². The number of fused-ring (bicyclic) bond motifs is 1. The van der Waals surface area contributed by atoms with Crippen molar-refractivity contribution in [2.24, 2.45) is 0 Å². The average Bonchev–Trinajstić information content (AvgIpc) is 2.85. The summed E-state index contributed by atoms with van der Waals surface area (Å²) in [5, 5.41) is 13.7. The van der Waals surface area contributed by atoms with Gasteiger partial charge in [0.05, 0.1) is 5.69 Å². The highest BCUT2D eigenvalue weighted by Gasteiger charge is 2.29. The molecule has 1 fully saturated rings. The van der Waals surface area contributed by atoms with E-state index in [1.54, 1.807) is 4.90 Å². The molecule has 1 aromatic heterocycles. The summed E-state index contributed by atoms with van der Waals surface area (Å²) in [6.45, 7) is 3.45. The summed E-state index contributed by atoms with van der Waals surface area (Å²) in [6, 6.07) is 20.5. The molecule has 6 nitrogen and oxygen atoms in total. The van der Waals surface area contributed by atoms with Crippen molar-refractivity contribution in [3.8, 4) is 11.3 Å². The zero-order chi connectivity index (χ0) is 23.7. The Balaban J connectivity index is 1.37. The minimum atomic E-state index is -0.806. The first-order valence-electron chi connectivity index (χ1n) is 11.1. The molecule has 0 spiro atoms. The highest BCUT2D eigenvalue weighted by Crippen LogP contribution is 2.32. The Kier molecular flexibility index (Phi) is 5.79. The van der Waals surface area contributed by atoms with Crippen molar-refractivity contribution in [3.05, 3.63) is 84.4 Å². The number of urea groups is 1. The molecule has 3 aromatic carbocycles. The van der Waals surface area contributed by atoms with Crippen LogP contribution in [0, 0.1) is 11.6 Å². The number of rotatable bonds is 3. The highest BCUT2D eigenvalue weighted by molar-refractivity contribution is 6.00. The van der Waals surface area contributed by atoms with Gasteiger partial charge in [0.15, 0.2) is 5.82 Å². The molecule has 34 heavy (non-hydrogen) atoms. The number of benzene rings is 3. The van der Waals surface area contributed by atoms with E-state index in [9.17, 15) is 13.6 Å². The van der Waals surface area contributed by atoms with Gasteiger partial charge in [0.25, 0.3) is 0 Å². The normalized spacial score (nSPS) is 16.0. The van der Waals surface area contributed by atoms with Gasteiger partial charge in [-0.05, 0) is 19.1 Å². The molecule has 5 rings (SSSR count). The van der Waals surface area contributed by atoms with Gasteiger partial charge in [0.2, 0.25) is 0 Å². The SMILES string of the molecule is C[C@H]1CN(c2nnc(-c3ccccc3)c3ccccc23)CCN1C(=O)Nc1ccc(F)cc1F. The monoisotopic (exact) mass is 459 g/mol. The summed E-state index contributed by atoms with van der Waals surface area (Å²) in [4.78, 5) is 16.5. The topological polar surface area (TPSA) is 61.4 Å². The molecule has 0 radical (unpaired) electrons. The predicted molar refractivity (Wildman–Crippen MR) is 129 cm³/mol. The molecule has 4 aromatic rings. The van der Waals surface area contributed by atoms with Crippen LogP contribution in [0.15, 0.2) is 72.8 Å². The predicted octanol–water partition coefficient (Wildman–Crippen LogP) is 5.32. The number of aromatic nitrogens is 2. The van der Waals surface area contributed by atoms with E-state index in [-0.39, 0.29) is 11.7 Å². The van der Waals surface area contributed by atoms with Crippen LogP contribution in [0.5, 0.6) is 0 Å². The Morgan fingerprint density at radius 2 is 1.68 bits per heavy atom. The first-order chi connectivity index (χ1) is 16.5. The number of carbonyl (C=O) groups excluding carboxylic acids is 1. The molecule has 2 heterocycles. The lowest BCUT2D eigenvalue weighted by molar-refractivity contribution is 0.184. The van der Waals surface area contributed by atoms with Gasteiger partial charge in [-0.3, -0.25) is 0 Å². The molecule has 1 N–H and O–H groups in total. The Labute approximate surface area is 195 Å². The molecule has 1 aliphatic rings. The number of amides is 2. The zero-order valence-corrected chi connectivity index (χ0v) is 18.6. The fourth-order valence-corrected chi connectivity index (χ4v) is 4.36. The highest BCUT2D eigenvalue weighted by atomic mass is 19.1. The molecule has 1 saturated heterocycles. The number of nitrogens with zero attached hydrogens (tertiary/aromatic N) is 4. The minimum absolute atomic E-state index is 0.0469. The fourth-order valence-electron chi connectivity index (χ4n) is 4.36. The van der Waals surface area contributed by atoms with E-state index in [2.05, 4.69) is 20.4 Å². The van der Waals surface area contributed by atoms with Gasteiger partial charge in [-0.2, -0.15) is 0 Å². The van der Waals surface area contributed by atoms with Gasteiger partial charge < -0.3 is 15.1 Å². The third kappa shape index (κ3) is 4.14. The Hall–Kier alpha value is -4.07. The van der Waals surface area contributed by atoms with Crippen molar-refractivity contribution < 1.29 is 13.6 Å². The van der Waals surface area contributed by atoms with Crippen LogP contribution in [-0.2, 0) is 0 Å². The van der Waals surface area contributed by atoms with E-state index in [1.165, 1.54) is 6.07 Å². The standard InChI is InChI=1S/C26H23F2N5O/c1-17-16-32(13-14-33(17)26(34)29-23-12-11-19(27)15-22(23)28)25-21-10-6-5-9-20(21)24(30-31-25)18-7-3-2-4-8-18/h2-12,15,17H,13-14,16H2,1H3,(H,29,34)/t17-/m0/s1. The molecule has 1 aliphatic heterocycles. The summed E-state index contributed by atoms with van der Waals surface area (Å²) < 4.78 is 27.1. The van der Waals surface area contributed by atoms with Crippen molar-refractivity contribution >= 4 is 28.3 Å². The fraction of sp³-hybridized carbons (Fsp3) is 0.192. The first-order valence-corrected chi connectivity index (χ1v) is 11.1. The lowest BCUT2D eigenvalue weighted by Crippen LogP contribution is -2.55. The minimum Gasteiger partial charge on any atom is -0.351 e. The summed E-state index contributed by atoms with van der Waals surface area (Å²) in [7, 11) is 0. The van der Waals surface area contributed by atoms with Crippen LogP contribution in [0.25, 0.3) is 22.0 Å². The van der Waals surface area contributed by atoms with Gasteiger partial charge in [-0.25, -0.2) is 13.6 Å². The molecular weight excluding hydrogens is 436 g/mol. The Morgan fingerprint density at radius 1 is 0.941 bits per heavy atom. The van der Waals surface area contributed by atoms with Crippen LogP contribution < -0.4 is 10.2 Å². The molecule has 0 unspecified atom stereocenters. The molecule has 0 bridgehead atoms. The maximum atomic E-state index is 14.0. The number of nitrogens with one attached hydrogen (secondary N) is 1. The smallest absolute Gasteiger partial charge is 0.322 e. The van der Waals surface area contributed by atoms with E-state index in [0.717, 1.165) is 40.0 Å². The number of hydrogen-bond donors (Lipinski definition) is 1. The molecule has 0 saturated carbocycles. The van der Waals surface area contributed by atoms with Crippen molar-refractivity contribution in [1.29, 1.82) is 0 Å². The summed E-state index contributed by atoms with van der Waals surface area (Å²) >= 11 is 0. The van der Waals surface area contributed by atoms with Gasteiger partial charge >= 0.3 is 6.03 Å². The average molecular weight is 460 g/mol. The Morgan fingerprint density at radius 3 is 2.41 bits per heavy atom. The van der Waals surface area contributed by atoms with E-state index in [0.29, 0.717) is 19.6 Å². The van der Waals surface area contributed by atoms with Crippen molar-refractivity contribution in [1.82, 2.24) is 15.1 Å². The largest absolute Gasteiger partial charge is 0.351 e. The molecule has 1 atom stereocenters. The van der Waals surface area contributed by atoms with Crippen LogP contribution in [0.4, 0.5) is 25.1 Å². The molecular formula is C26H23F2N5O. The van der Waals surface area contributed by atoms with Crippen LogP contribution >= 0.6 is 0 Å². The second kappa shape index (κ2) is 9.05. The quantitative estimate of drug-likeness (QED) is 0.451. The lowest BCUT2D eigenvalue weighted by Gasteiger charge is -2.40. The maximum absolute atomic E-state index is 14.0. The van der Waals surface area contributed by atoms with Gasteiger partial charge in [-0.1, -0.05) is 54.6 Å². The van der Waals surface area contributed by atoms with E-state index < -0.39 is 17.7 Å². The molecule has 2 amide bonds. The first kappa shape index (κ1) is 21.8. The van der Waals surface area contributed by atoms with Gasteiger partial charge in [0, 0.05) is 48.1 Å². The van der Waals surface area contributed by atoms with E-state index in [4.69, 9.17) is 0 Å². The number of carbonyl (C=O) groups is 1. The summed E-state index contributed by atoms with van der Waals surface area (Å²) in [5.41, 5.74) is 1.78. The number of halogens is 2. The van der Waals surface area contributed by atoms with E-state index >= 15 is 0 Å². The molecule has 8 heteroatoms. The number of piperazine rings is 1. The molecule has 172 valence electrons. The maximum Gasteiger partial charge on any atom is 0.322 e.